The van der Waals surface area contributed by atoms with Crippen LogP contribution in [0.3, 0.4) is 0 Å². The van der Waals surface area contributed by atoms with E-state index in [2.05, 4.69) is 15.4 Å². The first-order valence-corrected chi connectivity index (χ1v) is 6.99. The highest BCUT2D eigenvalue weighted by Crippen LogP contribution is 2.16. The zero-order valence-corrected chi connectivity index (χ0v) is 11.3. The van der Waals surface area contributed by atoms with Crippen LogP contribution in [0, 0.1) is 0 Å². The average Bonchev–Trinajstić information content (AvgIpc) is 3.04. The first-order valence-electron chi connectivity index (χ1n) is 6.11. The minimum Gasteiger partial charge on any atom is -0.481 e. The van der Waals surface area contributed by atoms with Gasteiger partial charge in [-0.3, -0.25) is 9.48 Å². The Morgan fingerprint density at radius 1 is 1.53 bits per heavy atom. The van der Waals surface area contributed by atoms with Crippen LogP contribution in [-0.4, -0.2) is 32.4 Å². The van der Waals surface area contributed by atoms with Crippen LogP contribution in [0.2, 0.25) is 0 Å². The van der Waals surface area contributed by atoms with Gasteiger partial charge in [0.1, 0.15) is 0 Å². The third-order valence-electron chi connectivity index (χ3n) is 2.55. The number of carbonyl (C=O) groups is 1. The van der Waals surface area contributed by atoms with Crippen molar-refractivity contribution in [3.05, 3.63) is 29.5 Å². The SMILES string of the molecule is O=C(O)CCc1csc(NCCCn2cccn2)n1. The Balaban J connectivity index is 1.67. The van der Waals surface area contributed by atoms with Crippen molar-refractivity contribution in [2.75, 3.05) is 11.9 Å². The van der Waals surface area contributed by atoms with E-state index in [1.165, 1.54) is 11.3 Å². The predicted molar refractivity (Wildman–Crippen MR) is 73.4 cm³/mol. The Morgan fingerprint density at radius 2 is 2.42 bits per heavy atom. The van der Waals surface area contributed by atoms with E-state index < -0.39 is 5.97 Å². The lowest BCUT2D eigenvalue weighted by atomic mass is 10.2. The summed E-state index contributed by atoms with van der Waals surface area (Å²) in [6.07, 6.45) is 5.28. The summed E-state index contributed by atoms with van der Waals surface area (Å²) in [6, 6.07) is 1.91. The second-order valence-corrected chi connectivity index (χ2v) is 4.95. The molecule has 0 aliphatic heterocycles. The van der Waals surface area contributed by atoms with Crippen LogP contribution in [0.15, 0.2) is 23.8 Å². The predicted octanol–water partition coefficient (Wildman–Crippen LogP) is 1.86. The number of hydrogen-bond acceptors (Lipinski definition) is 5. The minimum atomic E-state index is -0.790. The quantitative estimate of drug-likeness (QED) is 0.721. The monoisotopic (exact) mass is 280 g/mol. The lowest BCUT2D eigenvalue weighted by molar-refractivity contribution is -0.136. The number of anilines is 1. The summed E-state index contributed by atoms with van der Waals surface area (Å²) in [6.45, 7) is 1.70. The van der Waals surface area contributed by atoms with Crippen molar-refractivity contribution in [2.24, 2.45) is 0 Å². The highest BCUT2D eigenvalue weighted by Gasteiger charge is 2.04. The van der Waals surface area contributed by atoms with Crippen molar-refractivity contribution in [1.29, 1.82) is 0 Å². The lowest BCUT2D eigenvalue weighted by Gasteiger charge is -2.02. The van der Waals surface area contributed by atoms with Gasteiger partial charge in [-0.25, -0.2) is 4.98 Å². The molecule has 0 spiro atoms. The third kappa shape index (κ3) is 4.70. The second kappa shape index (κ2) is 6.89. The van der Waals surface area contributed by atoms with Crippen molar-refractivity contribution >= 4 is 22.4 Å². The number of aryl methyl sites for hydroxylation is 2. The number of hydrogen-bond donors (Lipinski definition) is 2. The molecule has 2 rings (SSSR count). The van der Waals surface area contributed by atoms with Gasteiger partial charge in [-0.15, -0.1) is 11.3 Å². The standard InChI is InChI=1S/C12H16N4O2S/c17-11(18)4-3-10-9-19-12(15-10)13-5-1-7-16-8-2-6-14-16/h2,6,8-9H,1,3-5,7H2,(H,13,15)(H,17,18). The smallest absolute Gasteiger partial charge is 0.303 e. The van der Waals surface area contributed by atoms with Crippen LogP contribution in [0.4, 0.5) is 5.13 Å². The van der Waals surface area contributed by atoms with E-state index in [-0.39, 0.29) is 6.42 Å². The molecule has 2 heterocycles. The molecule has 0 radical (unpaired) electrons. The number of nitrogens with one attached hydrogen (secondary N) is 1. The van der Waals surface area contributed by atoms with Crippen LogP contribution in [-0.2, 0) is 17.8 Å². The molecule has 6 nitrogen and oxygen atoms in total. The Labute approximate surface area is 115 Å². The Hall–Kier alpha value is -1.89. The average molecular weight is 280 g/mol. The molecule has 0 fully saturated rings. The number of rotatable bonds is 8. The Bertz CT molecular complexity index is 510. The van der Waals surface area contributed by atoms with Gasteiger partial charge in [-0.2, -0.15) is 5.10 Å². The van der Waals surface area contributed by atoms with Gasteiger partial charge in [0.15, 0.2) is 5.13 Å². The van der Waals surface area contributed by atoms with Gasteiger partial charge in [0, 0.05) is 37.3 Å². The van der Waals surface area contributed by atoms with Gasteiger partial charge in [-0.05, 0) is 12.5 Å². The van der Waals surface area contributed by atoms with Crippen LogP contribution in [0.1, 0.15) is 18.5 Å². The molecule has 0 saturated heterocycles. The number of aliphatic carboxylic acids is 1. The first-order chi connectivity index (χ1) is 9.24. The van der Waals surface area contributed by atoms with E-state index in [1.54, 1.807) is 6.20 Å². The molecular weight excluding hydrogens is 264 g/mol. The number of carboxylic acids is 1. The summed E-state index contributed by atoms with van der Waals surface area (Å²) >= 11 is 1.51. The third-order valence-corrected chi connectivity index (χ3v) is 3.39. The van der Waals surface area contributed by atoms with Crippen molar-refractivity contribution in [1.82, 2.24) is 14.8 Å². The molecule has 0 bridgehead atoms. The molecule has 0 aliphatic rings. The number of nitrogens with zero attached hydrogens (tertiary/aromatic N) is 3. The molecule has 0 unspecified atom stereocenters. The first kappa shape index (κ1) is 13.5. The molecule has 2 aromatic heterocycles. The highest BCUT2D eigenvalue weighted by molar-refractivity contribution is 7.13. The normalized spacial score (nSPS) is 10.5. The van der Waals surface area contributed by atoms with E-state index >= 15 is 0 Å². The van der Waals surface area contributed by atoms with Gasteiger partial charge >= 0.3 is 5.97 Å². The molecule has 102 valence electrons. The maximum atomic E-state index is 10.5. The summed E-state index contributed by atoms with van der Waals surface area (Å²) in [4.78, 5) is 14.8. The molecule has 7 heteroatoms. The van der Waals surface area contributed by atoms with Gasteiger partial charge in [-0.1, -0.05) is 0 Å². The lowest BCUT2D eigenvalue weighted by Crippen LogP contribution is -2.07. The van der Waals surface area contributed by atoms with E-state index in [0.717, 1.165) is 30.3 Å². The van der Waals surface area contributed by atoms with E-state index in [4.69, 9.17) is 5.11 Å². The Morgan fingerprint density at radius 3 is 3.16 bits per heavy atom. The summed E-state index contributed by atoms with van der Waals surface area (Å²) in [5.41, 5.74) is 0.835. The van der Waals surface area contributed by atoms with Crippen molar-refractivity contribution < 1.29 is 9.90 Å². The highest BCUT2D eigenvalue weighted by atomic mass is 32.1. The van der Waals surface area contributed by atoms with Gasteiger partial charge in [0.05, 0.1) is 12.1 Å². The van der Waals surface area contributed by atoms with Crippen LogP contribution in [0.5, 0.6) is 0 Å². The summed E-state index contributed by atoms with van der Waals surface area (Å²) in [5, 5.41) is 18.7. The fourth-order valence-electron chi connectivity index (χ4n) is 1.61. The topological polar surface area (TPSA) is 80.0 Å². The Kier molecular flexibility index (Phi) is 4.91. The molecule has 0 aromatic carbocycles. The van der Waals surface area contributed by atoms with Gasteiger partial charge in [0.25, 0.3) is 0 Å². The second-order valence-electron chi connectivity index (χ2n) is 4.09. The minimum absolute atomic E-state index is 0.127. The van der Waals surface area contributed by atoms with E-state index in [1.807, 2.05) is 22.3 Å². The molecular formula is C12H16N4O2S. The summed E-state index contributed by atoms with van der Waals surface area (Å²) in [7, 11) is 0. The molecule has 19 heavy (non-hydrogen) atoms. The molecule has 0 saturated carbocycles. The maximum absolute atomic E-state index is 10.5. The van der Waals surface area contributed by atoms with Crippen molar-refractivity contribution in [2.45, 2.75) is 25.8 Å². The largest absolute Gasteiger partial charge is 0.481 e. The fraction of sp³-hybridized carbons (Fsp3) is 0.417. The molecule has 0 atom stereocenters. The molecule has 0 aliphatic carbocycles. The van der Waals surface area contributed by atoms with E-state index in [0.29, 0.717) is 6.42 Å². The maximum Gasteiger partial charge on any atom is 0.303 e. The zero-order chi connectivity index (χ0) is 13.5. The molecule has 0 amide bonds. The fourth-order valence-corrected chi connectivity index (χ4v) is 2.38. The molecule has 2 N–H and O–H groups in total. The molecule has 2 aromatic rings. The van der Waals surface area contributed by atoms with Crippen molar-refractivity contribution in [3.8, 4) is 0 Å². The van der Waals surface area contributed by atoms with Gasteiger partial charge in [0.2, 0.25) is 0 Å². The zero-order valence-electron chi connectivity index (χ0n) is 10.5. The van der Waals surface area contributed by atoms with Crippen molar-refractivity contribution in [3.63, 3.8) is 0 Å². The summed E-state index contributed by atoms with van der Waals surface area (Å²) in [5.74, 6) is -0.790. The number of thiazole rings is 1. The van der Waals surface area contributed by atoms with Gasteiger partial charge < -0.3 is 10.4 Å². The number of aromatic nitrogens is 3. The number of carboxylic acid groups (broad SMARTS) is 1. The van der Waals surface area contributed by atoms with Crippen LogP contribution >= 0.6 is 11.3 Å². The van der Waals surface area contributed by atoms with E-state index in [9.17, 15) is 4.79 Å². The van der Waals surface area contributed by atoms with Crippen LogP contribution in [0.25, 0.3) is 0 Å². The summed E-state index contributed by atoms with van der Waals surface area (Å²) < 4.78 is 1.89. The van der Waals surface area contributed by atoms with Crippen LogP contribution < -0.4 is 5.32 Å².